The summed E-state index contributed by atoms with van der Waals surface area (Å²) in [5.74, 6) is 0.217. The van der Waals surface area contributed by atoms with Crippen molar-refractivity contribution in [2.45, 2.75) is 45.6 Å². The lowest BCUT2D eigenvalue weighted by Crippen LogP contribution is -2.37. The average Bonchev–Trinajstić information content (AvgIpc) is 2.89. The molecular weight excluding hydrogens is 332 g/mol. The Hall–Kier alpha value is -2.70. The van der Waals surface area contributed by atoms with E-state index >= 15 is 0 Å². The van der Waals surface area contributed by atoms with E-state index in [0.717, 1.165) is 37.9 Å². The number of amides is 2. The summed E-state index contributed by atoms with van der Waals surface area (Å²) >= 11 is 0. The quantitative estimate of drug-likeness (QED) is 0.846. The summed E-state index contributed by atoms with van der Waals surface area (Å²) in [6.45, 7) is 3.18. The van der Waals surface area contributed by atoms with Crippen LogP contribution in [0.5, 0.6) is 0 Å². The highest BCUT2D eigenvalue weighted by molar-refractivity contribution is 5.99. The van der Waals surface area contributed by atoms with Gasteiger partial charge in [-0.15, -0.1) is 0 Å². The molecule has 1 aliphatic heterocycles. The Bertz CT molecular complexity index is 888. The third kappa shape index (κ3) is 3.92. The van der Waals surface area contributed by atoms with Crippen LogP contribution in [0, 0.1) is 0 Å². The first-order valence-corrected chi connectivity index (χ1v) is 9.18. The molecular formula is C19H24N4O3. The van der Waals surface area contributed by atoms with E-state index in [-0.39, 0.29) is 23.9 Å². The molecule has 0 fully saturated rings. The second kappa shape index (κ2) is 8.12. The predicted molar refractivity (Wildman–Crippen MR) is 99.2 cm³/mol. The Kier molecular flexibility index (Phi) is 5.65. The van der Waals surface area contributed by atoms with E-state index in [1.54, 1.807) is 22.8 Å². The van der Waals surface area contributed by atoms with Crippen LogP contribution in [0.2, 0.25) is 0 Å². The number of rotatable bonds is 5. The minimum absolute atomic E-state index is 0.0437. The number of carbonyl (C=O) groups excluding carboxylic acids is 2. The number of nitrogens with one attached hydrogen (secondary N) is 2. The molecule has 0 aliphatic carbocycles. The van der Waals surface area contributed by atoms with Gasteiger partial charge >= 0.3 is 0 Å². The first kappa shape index (κ1) is 18.1. The lowest BCUT2D eigenvalue weighted by atomic mass is 10.1. The van der Waals surface area contributed by atoms with E-state index in [1.807, 2.05) is 6.92 Å². The number of aryl methyl sites for hydroxylation is 1. The van der Waals surface area contributed by atoms with Crippen molar-refractivity contribution in [2.75, 3.05) is 13.1 Å². The number of hydrogen-bond acceptors (Lipinski definition) is 4. The molecule has 1 aromatic heterocycles. The van der Waals surface area contributed by atoms with Crippen LogP contribution in [0.3, 0.4) is 0 Å². The molecule has 0 saturated heterocycles. The van der Waals surface area contributed by atoms with Crippen molar-refractivity contribution in [3.63, 3.8) is 0 Å². The standard InChI is InChI=1S/C19H24N4O3/c1-2-9-20-17(24)12-21-18(25)13-7-8-14-15(11-13)22-16-6-4-3-5-10-23(16)19(14)26/h7-8,11H,2-6,9-10,12H2,1H3,(H,20,24)(H,21,25). The average molecular weight is 356 g/mol. The highest BCUT2D eigenvalue weighted by Gasteiger charge is 2.15. The van der Waals surface area contributed by atoms with Crippen LogP contribution in [0.4, 0.5) is 0 Å². The van der Waals surface area contributed by atoms with Gasteiger partial charge in [0.25, 0.3) is 11.5 Å². The van der Waals surface area contributed by atoms with Gasteiger partial charge in [-0.25, -0.2) is 4.98 Å². The van der Waals surface area contributed by atoms with Gasteiger partial charge in [-0.2, -0.15) is 0 Å². The molecule has 0 spiro atoms. The molecule has 26 heavy (non-hydrogen) atoms. The van der Waals surface area contributed by atoms with Gasteiger partial charge in [-0.3, -0.25) is 19.0 Å². The Morgan fingerprint density at radius 1 is 1.19 bits per heavy atom. The van der Waals surface area contributed by atoms with Crippen LogP contribution in [0.15, 0.2) is 23.0 Å². The van der Waals surface area contributed by atoms with Gasteiger partial charge in [0.2, 0.25) is 5.91 Å². The van der Waals surface area contributed by atoms with Gasteiger partial charge in [0.05, 0.1) is 17.4 Å². The van der Waals surface area contributed by atoms with Gasteiger partial charge in [-0.1, -0.05) is 13.3 Å². The molecule has 138 valence electrons. The van der Waals surface area contributed by atoms with Crippen LogP contribution in [-0.4, -0.2) is 34.5 Å². The number of nitrogens with zero attached hydrogens (tertiary/aromatic N) is 2. The van der Waals surface area contributed by atoms with Crippen molar-refractivity contribution in [3.8, 4) is 0 Å². The van der Waals surface area contributed by atoms with Gasteiger partial charge in [0, 0.05) is 25.1 Å². The van der Waals surface area contributed by atoms with Crippen LogP contribution < -0.4 is 16.2 Å². The highest BCUT2D eigenvalue weighted by atomic mass is 16.2. The SMILES string of the molecule is CCCNC(=O)CNC(=O)c1ccc2c(=O)n3c(nc2c1)CCCCC3. The fraction of sp³-hybridized carbons (Fsp3) is 0.474. The Balaban J connectivity index is 1.81. The normalized spacial score (nSPS) is 13.7. The summed E-state index contributed by atoms with van der Waals surface area (Å²) in [5.41, 5.74) is 0.885. The van der Waals surface area contributed by atoms with Gasteiger partial charge in [0.15, 0.2) is 0 Å². The molecule has 3 rings (SSSR count). The minimum atomic E-state index is -0.351. The topological polar surface area (TPSA) is 93.1 Å². The first-order chi connectivity index (χ1) is 12.6. The molecule has 2 heterocycles. The van der Waals surface area contributed by atoms with Crippen molar-refractivity contribution in [3.05, 3.63) is 39.9 Å². The molecule has 2 N–H and O–H groups in total. The number of benzene rings is 1. The molecule has 0 radical (unpaired) electrons. The predicted octanol–water partition coefficient (Wildman–Crippen LogP) is 1.38. The van der Waals surface area contributed by atoms with Gasteiger partial charge in [-0.05, 0) is 37.5 Å². The van der Waals surface area contributed by atoms with Crippen LogP contribution in [0.1, 0.15) is 48.8 Å². The van der Waals surface area contributed by atoms with Crippen LogP contribution >= 0.6 is 0 Å². The molecule has 2 amide bonds. The van der Waals surface area contributed by atoms with Crippen molar-refractivity contribution in [2.24, 2.45) is 0 Å². The van der Waals surface area contributed by atoms with E-state index in [2.05, 4.69) is 15.6 Å². The van der Waals surface area contributed by atoms with Gasteiger partial charge < -0.3 is 10.6 Å². The van der Waals surface area contributed by atoms with Crippen molar-refractivity contribution in [1.82, 2.24) is 20.2 Å². The van der Waals surface area contributed by atoms with Crippen molar-refractivity contribution >= 4 is 22.7 Å². The molecule has 7 heteroatoms. The maximum Gasteiger partial charge on any atom is 0.261 e. The Labute approximate surface area is 151 Å². The summed E-state index contributed by atoms with van der Waals surface area (Å²) in [7, 11) is 0. The van der Waals surface area contributed by atoms with E-state index < -0.39 is 0 Å². The van der Waals surface area contributed by atoms with E-state index in [4.69, 9.17) is 0 Å². The summed E-state index contributed by atoms with van der Waals surface area (Å²) in [5, 5.41) is 5.82. The molecule has 1 aliphatic rings. The fourth-order valence-corrected chi connectivity index (χ4v) is 3.15. The third-order valence-corrected chi connectivity index (χ3v) is 4.56. The first-order valence-electron chi connectivity index (χ1n) is 9.18. The summed E-state index contributed by atoms with van der Waals surface area (Å²) in [6, 6.07) is 4.88. The molecule has 0 bridgehead atoms. The summed E-state index contributed by atoms with van der Waals surface area (Å²) < 4.78 is 1.76. The molecule has 0 saturated carbocycles. The van der Waals surface area contributed by atoms with Crippen LogP contribution in [-0.2, 0) is 17.8 Å². The number of carbonyl (C=O) groups is 2. The largest absolute Gasteiger partial charge is 0.355 e. The number of aromatic nitrogens is 2. The molecule has 0 unspecified atom stereocenters. The smallest absolute Gasteiger partial charge is 0.261 e. The summed E-state index contributed by atoms with van der Waals surface area (Å²) in [6.07, 6.45) is 4.72. The second-order valence-corrected chi connectivity index (χ2v) is 6.56. The minimum Gasteiger partial charge on any atom is -0.355 e. The molecule has 7 nitrogen and oxygen atoms in total. The second-order valence-electron chi connectivity index (χ2n) is 6.56. The van der Waals surface area contributed by atoms with E-state index in [1.165, 1.54) is 0 Å². The fourth-order valence-electron chi connectivity index (χ4n) is 3.15. The lowest BCUT2D eigenvalue weighted by molar-refractivity contribution is -0.120. The molecule has 1 aromatic carbocycles. The monoisotopic (exact) mass is 356 g/mol. The zero-order chi connectivity index (χ0) is 18.5. The molecule has 2 aromatic rings. The zero-order valence-electron chi connectivity index (χ0n) is 15.0. The molecule has 0 atom stereocenters. The Morgan fingerprint density at radius 2 is 2.04 bits per heavy atom. The maximum absolute atomic E-state index is 12.7. The van der Waals surface area contributed by atoms with Crippen molar-refractivity contribution in [1.29, 1.82) is 0 Å². The van der Waals surface area contributed by atoms with Crippen LogP contribution in [0.25, 0.3) is 10.9 Å². The highest BCUT2D eigenvalue weighted by Crippen LogP contribution is 2.16. The van der Waals surface area contributed by atoms with Crippen molar-refractivity contribution < 1.29 is 9.59 Å². The summed E-state index contributed by atoms with van der Waals surface area (Å²) in [4.78, 5) is 41.2. The van der Waals surface area contributed by atoms with E-state index in [9.17, 15) is 14.4 Å². The van der Waals surface area contributed by atoms with Gasteiger partial charge in [0.1, 0.15) is 5.82 Å². The number of hydrogen-bond donors (Lipinski definition) is 2. The number of fused-ring (bicyclic) bond motifs is 2. The van der Waals surface area contributed by atoms with E-state index in [0.29, 0.717) is 29.6 Å². The lowest BCUT2D eigenvalue weighted by Gasteiger charge is -2.11. The zero-order valence-corrected chi connectivity index (χ0v) is 15.0. The Morgan fingerprint density at radius 3 is 2.85 bits per heavy atom. The third-order valence-electron chi connectivity index (χ3n) is 4.56. The maximum atomic E-state index is 12.7.